The number of fused-ring (bicyclic) bond motifs is 3. The topological polar surface area (TPSA) is 105 Å². The van der Waals surface area contributed by atoms with Crippen molar-refractivity contribution in [2.75, 3.05) is 19.7 Å². The first-order valence-electron chi connectivity index (χ1n) is 12.5. The smallest absolute Gasteiger partial charge is 0.407 e. The molecule has 2 aromatic carbocycles. The fraction of sp³-hybridized carbons (Fsp3) is 0.464. The van der Waals surface area contributed by atoms with E-state index in [1.165, 1.54) is 22.3 Å². The third-order valence-corrected chi connectivity index (χ3v) is 7.19. The van der Waals surface area contributed by atoms with Crippen LogP contribution in [0.4, 0.5) is 4.79 Å². The average Bonchev–Trinajstić information content (AvgIpc) is 3.19. The number of carboxylic acid groups (broad SMARTS) is 1. The summed E-state index contributed by atoms with van der Waals surface area (Å²) in [7, 11) is 0. The summed E-state index contributed by atoms with van der Waals surface area (Å²) in [6.45, 7) is 3.02. The maximum atomic E-state index is 12.4. The maximum Gasteiger partial charge on any atom is 0.407 e. The Bertz CT molecular complexity index is 1020. The molecule has 0 saturated heterocycles. The van der Waals surface area contributed by atoms with Crippen LogP contribution in [0.5, 0.6) is 0 Å². The summed E-state index contributed by atoms with van der Waals surface area (Å²) in [5, 5.41) is 14.9. The van der Waals surface area contributed by atoms with Gasteiger partial charge in [-0.05, 0) is 53.4 Å². The van der Waals surface area contributed by atoms with Crippen molar-refractivity contribution in [2.45, 2.75) is 44.9 Å². The molecular formula is C28H34N2O5. The molecule has 0 aliphatic heterocycles. The molecule has 3 unspecified atom stereocenters. The molecule has 1 fully saturated rings. The SMILES string of the molecule is CC(CNC(=O)OCC1c2ccccc2-c2ccccc21)CC(=O)NCC1CCCC(C(=O)O)C1. The minimum Gasteiger partial charge on any atom is -0.481 e. The predicted octanol–water partition coefficient (Wildman–Crippen LogP) is 4.56. The molecule has 35 heavy (non-hydrogen) atoms. The predicted molar refractivity (Wildman–Crippen MR) is 133 cm³/mol. The highest BCUT2D eigenvalue weighted by Gasteiger charge is 2.29. The number of amides is 2. The molecule has 7 heteroatoms. The number of benzene rings is 2. The van der Waals surface area contributed by atoms with Crippen LogP contribution in [0.1, 0.15) is 56.1 Å². The van der Waals surface area contributed by atoms with Gasteiger partial charge in [0.25, 0.3) is 0 Å². The van der Waals surface area contributed by atoms with Gasteiger partial charge >= 0.3 is 12.1 Å². The van der Waals surface area contributed by atoms with Gasteiger partial charge < -0.3 is 20.5 Å². The van der Waals surface area contributed by atoms with Crippen molar-refractivity contribution in [3.8, 4) is 11.1 Å². The second-order valence-corrected chi connectivity index (χ2v) is 9.89. The molecule has 2 aliphatic rings. The Hall–Kier alpha value is -3.35. The number of hydrogen-bond acceptors (Lipinski definition) is 4. The Kier molecular flexibility index (Phi) is 8.06. The molecule has 186 valence electrons. The zero-order valence-electron chi connectivity index (χ0n) is 20.2. The summed E-state index contributed by atoms with van der Waals surface area (Å²) in [4.78, 5) is 35.9. The van der Waals surface area contributed by atoms with Crippen LogP contribution >= 0.6 is 0 Å². The van der Waals surface area contributed by atoms with Crippen molar-refractivity contribution in [3.05, 3.63) is 59.7 Å². The minimum atomic E-state index is -0.742. The van der Waals surface area contributed by atoms with Gasteiger partial charge in [-0.25, -0.2) is 4.79 Å². The molecule has 4 rings (SSSR count). The van der Waals surface area contributed by atoms with Gasteiger partial charge in [-0.15, -0.1) is 0 Å². The molecule has 3 N–H and O–H groups in total. The third-order valence-electron chi connectivity index (χ3n) is 7.19. The molecule has 7 nitrogen and oxygen atoms in total. The van der Waals surface area contributed by atoms with Crippen LogP contribution in [0.25, 0.3) is 11.1 Å². The molecule has 0 spiro atoms. The van der Waals surface area contributed by atoms with Gasteiger partial charge in [-0.2, -0.15) is 0 Å². The maximum absolute atomic E-state index is 12.4. The van der Waals surface area contributed by atoms with Crippen molar-refractivity contribution in [1.82, 2.24) is 10.6 Å². The Labute approximate surface area is 206 Å². The van der Waals surface area contributed by atoms with Crippen LogP contribution in [0, 0.1) is 17.8 Å². The molecule has 1 saturated carbocycles. The van der Waals surface area contributed by atoms with E-state index in [9.17, 15) is 19.5 Å². The highest BCUT2D eigenvalue weighted by Crippen LogP contribution is 2.44. The number of rotatable bonds is 9. The average molecular weight is 479 g/mol. The zero-order valence-corrected chi connectivity index (χ0v) is 20.2. The van der Waals surface area contributed by atoms with E-state index in [1.807, 2.05) is 31.2 Å². The molecule has 0 heterocycles. The van der Waals surface area contributed by atoms with Gasteiger partial charge in [0, 0.05) is 25.4 Å². The number of alkyl carbamates (subject to hydrolysis) is 1. The van der Waals surface area contributed by atoms with E-state index in [0.29, 0.717) is 25.9 Å². The Morgan fingerprint density at radius 1 is 1.00 bits per heavy atom. The quantitative estimate of drug-likeness (QED) is 0.490. The normalized spacial score (nSPS) is 19.8. The van der Waals surface area contributed by atoms with E-state index in [2.05, 4.69) is 34.9 Å². The van der Waals surface area contributed by atoms with E-state index in [4.69, 9.17) is 4.74 Å². The lowest BCUT2D eigenvalue weighted by Gasteiger charge is -2.26. The number of carbonyl (C=O) groups excluding carboxylic acids is 2. The van der Waals surface area contributed by atoms with Gasteiger partial charge in [0.1, 0.15) is 6.61 Å². The highest BCUT2D eigenvalue weighted by atomic mass is 16.5. The lowest BCUT2D eigenvalue weighted by molar-refractivity contribution is -0.143. The first kappa shape index (κ1) is 24.8. The number of carboxylic acids is 1. The number of aliphatic carboxylic acids is 1. The minimum absolute atomic E-state index is 0.0110. The van der Waals surface area contributed by atoms with Crippen molar-refractivity contribution >= 4 is 18.0 Å². The monoisotopic (exact) mass is 478 g/mol. The lowest BCUT2D eigenvalue weighted by Crippen LogP contribution is -2.36. The zero-order chi connectivity index (χ0) is 24.8. The Morgan fingerprint density at radius 2 is 1.66 bits per heavy atom. The molecule has 2 aromatic rings. The van der Waals surface area contributed by atoms with E-state index < -0.39 is 12.1 Å². The van der Waals surface area contributed by atoms with E-state index >= 15 is 0 Å². The van der Waals surface area contributed by atoms with Gasteiger partial charge in [-0.1, -0.05) is 61.9 Å². The third kappa shape index (κ3) is 6.21. The summed E-state index contributed by atoms with van der Waals surface area (Å²) in [6, 6.07) is 16.4. The number of ether oxygens (including phenoxy) is 1. The summed E-state index contributed by atoms with van der Waals surface area (Å²) < 4.78 is 5.55. The van der Waals surface area contributed by atoms with Crippen LogP contribution in [-0.2, 0) is 14.3 Å². The first-order valence-corrected chi connectivity index (χ1v) is 12.5. The van der Waals surface area contributed by atoms with E-state index in [-0.39, 0.29) is 36.2 Å². The molecular weight excluding hydrogens is 444 g/mol. The van der Waals surface area contributed by atoms with Crippen molar-refractivity contribution in [2.24, 2.45) is 17.8 Å². The van der Waals surface area contributed by atoms with Crippen molar-refractivity contribution in [3.63, 3.8) is 0 Å². The van der Waals surface area contributed by atoms with Crippen molar-refractivity contribution < 1.29 is 24.2 Å². The van der Waals surface area contributed by atoms with Crippen LogP contribution in [0.3, 0.4) is 0 Å². The molecule has 0 radical (unpaired) electrons. The van der Waals surface area contributed by atoms with Gasteiger partial charge in [-0.3, -0.25) is 9.59 Å². The summed E-state index contributed by atoms with van der Waals surface area (Å²) >= 11 is 0. The molecule has 2 amide bonds. The molecule has 0 aromatic heterocycles. The fourth-order valence-corrected chi connectivity index (χ4v) is 5.33. The second-order valence-electron chi connectivity index (χ2n) is 9.89. The largest absolute Gasteiger partial charge is 0.481 e. The Balaban J connectivity index is 1.17. The standard InChI is InChI=1S/C28H34N2O5/c1-18(13-26(31)29-16-19-7-6-8-20(14-19)27(32)33)15-30-28(34)35-17-25-23-11-4-2-9-21(23)22-10-3-5-12-24(22)25/h2-5,9-12,18-20,25H,6-8,13-17H2,1H3,(H,29,31)(H,30,34)(H,32,33). The summed E-state index contributed by atoms with van der Waals surface area (Å²) in [5.41, 5.74) is 4.70. The van der Waals surface area contributed by atoms with E-state index in [1.54, 1.807) is 0 Å². The molecule has 2 aliphatic carbocycles. The van der Waals surface area contributed by atoms with E-state index in [0.717, 1.165) is 19.3 Å². The van der Waals surface area contributed by atoms with Crippen LogP contribution in [0.2, 0.25) is 0 Å². The van der Waals surface area contributed by atoms with Crippen molar-refractivity contribution in [1.29, 1.82) is 0 Å². The number of hydrogen-bond donors (Lipinski definition) is 3. The van der Waals surface area contributed by atoms with Crippen LogP contribution in [-0.4, -0.2) is 42.8 Å². The summed E-state index contributed by atoms with van der Waals surface area (Å²) in [6.07, 6.45) is 2.98. The van der Waals surface area contributed by atoms with Crippen LogP contribution < -0.4 is 10.6 Å². The second kappa shape index (κ2) is 11.4. The molecule has 0 bridgehead atoms. The van der Waals surface area contributed by atoms with Gasteiger partial charge in [0.15, 0.2) is 0 Å². The first-order chi connectivity index (χ1) is 16.9. The number of carbonyl (C=O) groups is 3. The molecule has 3 atom stereocenters. The number of nitrogens with one attached hydrogen (secondary N) is 2. The highest BCUT2D eigenvalue weighted by molar-refractivity contribution is 5.79. The Morgan fingerprint density at radius 3 is 2.31 bits per heavy atom. The lowest BCUT2D eigenvalue weighted by atomic mass is 9.81. The summed E-state index contributed by atoms with van der Waals surface area (Å²) in [5.74, 6) is -0.947. The van der Waals surface area contributed by atoms with Gasteiger partial charge in [0.05, 0.1) is 5.92 Å². The van der Waals surface area contributed by atoms with Gasteiger partial charge in [0.2, 0.25) is 5.91 Å². The fourth-order valence-electron chi connectivity index (χ4n) is 5.33. The van der Waals surface area contributed by atoms with Crippen LogP contribution in [0.15, 0.2) is 48.5 Å².